The summed E-state index contributed by atoms with van der Waals surface area (Å²) in [6, 6.07) is 22.4. The summed E-state index contributed by atoms with van der Waals surface area (Å²) in [6.45, 7) is 1.72. The van der Waals surface area contributed by atoms with Crippen LogP contribution >= 0.6 is 0 Å². The normalized spacial score (nSPS) is 14.7. The lowest BCUT2D eigenvalue weighted by molar-refractivity contribution is -0.115. The van der Waals surface area contributed by atoms with Gasteiger partial charge in [-0.15, -0.1) is 0 Å². The number of carbonyl (C=O) groups excluding carboxylic acids is 1. The first-order valence-corrected chi connectivity index (χ1v) is 15.5. The van der Waals surface area contributed by atoms with Gasteiger partial charge < -0.3 is 15.0 Å². The van der Waals surface area contributed by atoms with Crippen LogP contribution in [0, 0.1) is 0 Å². The number of nitrogens with zero attached hydrogens (tertiary/aromatic N) is 2. The summed E-state index contributed by atoms with van der Waals surface area (Å²) in [5.74, 6) is -0.109. The van der Waals surface area contributed by atoms with Crippen molar-refractivity contribution in [3.05, 3.63) is 84.4 Å². The molecule has 3 aromatic carbocycles. The quantitative estimate of drug-likeness (QED) is 0.407. The third-order valence-corrected chi connectivity index (χ3v) is 9.82. The molecule has 1 amide bonds. The maximum atomic E-state index is 13.2. The van der Waals surface area contributed by atoms with Gasteiger partial charge in [0.25, 0.3) is 0 Å². The Bertz CT molecular complexity index is 1450. The first-order chi connectivity index (χ1) is 18.2. The molecule has 0 spiro atoms. The molecule has 0 aromatic heterocycles. The number of sulfone groups is 1. The second kappa shape index (κ2) is 12.0. The number of benzene rings is 3. The number of hydrogen-bond acceptors (Lipinski definition) is 7. The second-order valence-corrected chi connectivity index (χ2v) is 13.1. The van der Waals surface area contributed by atoms with Crippen molar-refractivity contribution in [2.75, 3.05) is 49.3 Å². The van der Waals surface area contributed by atoms with Gasteiger partial charge >= 0.3 is 0 Å². The molecule has 0 bridgehead atoms. The van der Waals surface area contributed by atoms with Crippen LogP contribution in [0.25, 0.3) is 0 Å². The van der Waals surface area contributed by atoms with E-state index < -0.39 is 25.8 Å². The highest BCUT2D eigenvalue weighted by Gasteiger charge is 2.29. The minimum Gasteiger partial charge on any atom is -0.495 e. The lowest BCUT2D eigenvalue weighted by Gasteiger charge is -2.35. The number of nitrogens with one attached hydrogen (secondary N) is 1. The smallest absolute Gasteiger partial charge is 0.243 e. The van der Waals surface area contributed by atoms with Crippen molar-refractivity contribution in [2.24, 2.45) is 0 Å². The number of hydrogen-bond donors (Lipinski definition) is 1. The molecule has 0 unspecified atom stereocenters. The first-order valence-electron chi connectivity index (χ1n) is 12.2. The predicted octanol–water partition coefficient (Wildman–Crippen LogP) is 3.15. The van der Waals surface area contributed by atoms with Crippen LogP contribution in [0.4, 0.5) is 11.4 Å². The van der Waals surface area contributed by atoms with Crippen LogP contribution < -0.4 is 15.0 Å². The van der Waals surface area contributed by atoms with Gasteiger partial charge in [-0.25, -0.2) is 16.8 Å². The third-order valence-electron chi connectivity index (χ3n) is 6.31. The van der Waals surface area contributed by atoms with Gasteiger partial charge in [0.05, 0.1) is 29.2 Å². The van der Waals surface area contributed by atoms with Gasteiger partial charge in [-0.05, 0) is 42.0 Å². The van der Waals surface area contributed by atoms with Crippen molar-refractivity contribution in [1.82, 2.24) is 4.31 Å². The minimum absolute atomic E-state index is 0.124. The number of ether oxygens (including phenoxy) is 1. The molecule has 0 radical (unpaired) electrons. The van der Waals surface area contributed by atoms with Gasteiger partial charge in [-0.1, -0.05) is 42.5 Å². The topological polar surface area (TPSA) is 113 Å². The Morgan fingerprint density at radius 2 is 1.47 bits per heavy atom. The van der Waals surface area contributed by atoms with Gasteiger partial charge in [0.2, 0.25) is 15.9 Å². The molecular formula is C27H31N3O6S2. The number of anilines is 2. The van der Waals surface area contributed by atoms with E-state index in [1.54, 1.807) is 31.4 Å². The summed E-state index contributed by atoms with van der Waals surface area (Å²) < 4.78 is 57.9. The Hall–Kier alpha value is -3.41. The van der Waals surface area contributed by atoms with E-state index in [9.17, 15) is 21.6 Å². The lowest BCUT2D eigenvalue weighted by atomic mass is 10.2. The molecule has 11 heteroatoms. The van der Waals surface area contributed by atoms with Crippen LogP contribution in [0.1, 0.15) is 12.0 Å². The van der Waals surface area contributed by atoms with Crippen molar-refractivity contribution in [3.8, 4) is 5.75 Å². The molecule has 3 aromatic rings. The molecule has 0 aliphatic carbocycles. The highest BCUT2D eigenvalue weighted by atomic mass is 32.2. The Labute approximate surface area is 224 Å². The van der Waals surface area contributed by atoms with Gasteiger partial charge in [0.15, 0.2) is 9.84 Å². The van der Waals surface area contributed by atoms with E-state index in [4.69, 9.17) is 4.74 Å². The maximum Gasteiger partial charge on any atom is 0.243 e. The summed E-state index contributed by atoms with van der Waals surface area (Å²) in [5.41, 5.74) is 2.00. The van der Waals surface area contributed by atoms with Crippen LogP contribution in [0.15, 0.2) is 83.8 Å². The fourth-order valence-electron chi connectivity index (χ4n) is 4.29. The number of sulfonamides is 1. The van der Waals surface area contributed by atoms with Crippen molar-refractivity contribution in [1.29, 1.82) is 0 Å². The van der Waals surface area contributed by atoms with Crippen LogP contribution in [0.5, 0.6) is 5.75 Å². The summed E-state index contributed by atoms with van der Waals surface area (Å²) in [6.07, 6.45) is -0.189. The number of amides is 1. The van der Waals surface area contributed by atoms with E-state index in [1.807, 2.05) is 30.3 Å². The molecule has 9 nitrogen and oxygen atoms in total. The van der Waals surface area contributed by atoms with Crippen LogP contribution in [0.3, 0.4) is 0 Å². The largest absolute Gasteiger partial charge is 0.495 e. The SMILES string of the molecule is COc1ccccc1N1CCN(S(=O)(=O)c2ccc(NC(=O)CCS(=O)(=O)Cc3ccccc3)cc2)CC1. The first kappa shape index (κ1) is 27.6. The standard InChI is InChI=1S/C27H31N3O6S2/c1-36-26-10-6-5-9-25(26)29-16-18-30(19-17-29)38(34,35)24-13-11-23(12-14-24)28-27(31)15-20-37(32,33)21-22-7-3-2-4-8-22/h2-14H,15-21H2,1H3,(H,28,31). The molecule has 0 saturated carbocycles. The molecule has 1 N–H and O–H groups in total. The second-order valence-electron chi connectivity index (χ2n) is 8.96. The fraction of sp³-hybridized carbons (Fsp3) is 0.296. The van der Waals surface area contributed by atoms with Crippen molar-refractivity contribution in [2.45, 2.75) is 17.1 Å². The van der Waals surface area contributed by atoms with E-state index in [-0.39, 0.29) is 22.8 Å². The summed E-state index contributed by atoms with van der Waals surface area (Å²) >= 11 is 0. The molecule has 1 aliphatic heterocycles. The van der Waals surface area contributed by atoms with Crippen molar-refractivity contribution < 1.29 is 26.4 Å². The lowest BCUT2D eigenvalue weighted by Crippen LogP contribution is -2.48. The Balaban J connectivity index is 1.30. The molecule has 202 valence electrons. The van der Waals surface area contributed by atoms with Crippen molar-refractivity contribution >= 4 is 37.1 Å². The average Bonchev–Trinajstić information content (AvgIpc) is 2.93. The summed E-state index contributed by atoms with van der Waals surface area (Å²) in [4.78, 5) is 14.6. The number of rotatable bonds is 10. The third kappa shape index (κ3) is 6.91. The Morgan fingerprint density at radius 1 is 0.842 bits per heavy atom. The van der Waals surface area contributed by atoms with Gasteiger partial charge in [-0.3, -0.25) is 4.79 Å². The van der Waals surface area contributed by atoms with Crippen LogP contribution in [0.2, 0.25) is 0 Å². The van der Waals surface area contributed by atoms with E-state index in [2.05, 4.69) is 10.2 Å². The molecule has 0 atom stereocenters. The molecule has 1 heterocycles. The van der Waals surface area contributed by atoms with Crippen LogP contribution in [-0.4, -0.2) is 66.1 Å². The van der Waals surface area contributed by atoms with Gasteiger partial charge in [0.1, 0.15) is 5.75 Å². The highest BCUT2D eigenvalue weighted by Crippen LogP contribution is 2.29. The minimum atomic E-state index is -3.70. The predicted molar refractivity (Wildman–Crippen MR) is 148 cm³/mol. The maximum absolute atomic E-state index is 13.2. The van der Waals surface area contributed by atoms with Crippen LogP contribution in [-0.2, 0) is 30.4 Å². The van der Waals surface area contributed by atoms with E-state index in [0.29, 0.717) is 37.4 Å². The van der Waals surface area contributed by atoms with E-state index >= 15 is 0 Å². The monoisotopic (exact) mass is 557 g/mol. The highest BCUT2D eigenvalue weighted by molar-refractivity contribution is 7.90. The number of carbonyl (C=O) groups is 1. The average molecular weight is 558 g/mol. The Morgan fingerprint density at radius 3 is 2.13 bits per heavy atom. The zero-order valence-electron chi connectivity index (χ0n) is 21.1. The summed E-state index contributed by atoms with van der Waals surface area (Å²) in [7, 11) is -5.54. The van der Waals surface area contributed by atoms with Gasteiger partial charge in [-0.2, -0.15) is 4.31 Å². The van der Waals surface area contributed by atoms with Gasteiger partial charge in [0, 0.05) is 38.3 Å². The fourth-order valence-corrected chi connectivity index (χ4v) is 7.05. The zero-order valence-corrected chi connectivity index (χ0v) is 22.7. The molecule has 1 aliphatic rings. The van der Waals surface area contributed by atoms with Crippen molar-refractivity contribution in [3.63, 3.8) is 0 Å². The Kier molecular flexibility index (Phi) is 8.70. The van der Waals surface area contributed by atoms with E-state index in [0.717, 1.165) is 11.4 Å². The van der Waals surface area contributed by atoms with E-state index in [1.165, 1.54) is 28.6 Å². The summed E-state index contributed by atoms with van der Waals surface area (Å²) in [5, 5.41) is 2.64. The molecule has 38 heavy (non-hydrogen) atoms. The zero-order chi connectivity index (χ0) is 27.2. The molecular weight excluding hydrogens is 526 g/mol. The number of piperazine rings is 1. The molecule has 1 fully saturated rings. The number of para-hydroxylation sites is 2. The molecule has 1 saturated heterocycles. The molecule has 4 rings (SSSR count). The number of methoxy groups -OCH3 is 1.